The van der Waals surface area contributed by atoms with Crippen LogP contribution in [0.2, 0.25) is 0 Å². The van der Waals surface area contributed by atoms with Crippen molar-refractivity contribution in [1.82, 2.24) is 5.32 Å². The highest BCUT2D eigenvalue weighted by molar-refractivity contribution is 7.99. The number of hydrogen-bond donors (Lipinski definition) is 2. The lowest BCUT2D eigenvalue weighted by Gasteiger charge is -2.31. The van der Waals surface area contributed by atoms with Gasteiger partial charge < -0.3 is 48.0 Å². The Morgan fingerprint density at radius 2 is 1.35 bits per heavy atom. The van der Waals surface area contributed by atoms with Gasteiger partial charge >= 0.3 is 35.8 Å². The van der Waals surface area contributed by atoms with E-state index in [-0.39, 0.29) is 92.3 Å². The molecule has 0 aliphatic rings. The zero-order valence-corrected chi connectivity index (χ0v) is 43.6. The van der Waals surface area contributed by atoms with Gasteiger partial charge in [0.15, 0.2) is 12.7 Å². The lowest BCUT2D eigenvalue weighted by molar-refractivity contribution is -0.159. The monoisotopic (exact) mass is 1040 g/mol. The molecule has 0 fully saturated rings. The molecule has 0 saturated heterocycles. The van der Waals surface area contributed by atoms with Gasteiger partial charge in [0.2, 0.25) is 11.9 Å². The van der Waals surface area contributed by atoms with Gasteiger partial charge in [-0.15, -0.1) is 18.2 Å². The highest BCUT2D eigenvalue weighted by atomic mass is 32.2. The van der Waals surface area contributed by atoms with Crippen molar-refractivity contribution in [1.29, 1.82) is 0 Å². The van der Waals surface area contributed by atoms with Crippen LogP contribution in [0.3, 0.4) is 0 Å². The van der Waals surface area contributed by atoms with Crippen LogP contribution in [0.15, 0.2) is 36.3 Å². The van der Waals surface area contributed by atoms with Crippen LogP contribution in [0.25, 0.3) is 0 Å². The average molecular weight is 1040 g/mol. The summed E-state index contributed by atoms with van der Waals surface area (Å²) in [4.78, 5) is 91.4. The first kappa shape index (κ1) is 68.5. The van der Waals surface area contributed by atoms with E-state index in [2.05, 4.69) is 71.1 Å². The maximum atomic E-state index is 12.1. The van der Waals surface area contributed by atoms with E-state index in [9.17, 15) is 46.8 Å². The van der Waals surface area contributed by atoms with Crippen molar-refractivity contribution in [3.8, 4) is 12.3 Å². The van der Waals surface area contributed by atoms with Crippen LogP contribution in [0.1, 0.15) is 93.4 Å². The smallest absolute Gasteiger partial charge is 0.340 e. The fourth-order valence-corrected chi connectivity index (χ4v) is 5.54. The fraction of sp³-hybridized carbons (Fsp3) is 0.652. The number of esters is 6. The second-order valence-corrected chi connectivity index (χ2v) is 17.7. The zero-order chi connectivity index (χ0) is 53.3. The summed E-state index contributed by atoms with van der Waals surface area (Å²) in [6.07, 6.45) is 7.81. The second kappa shape index (κ2) is 42.2. The number of ketones is 1. The Morgan fingerprint density at radius 1 is 0.768 bits per heavy atom. The van der Waals surface area contributed by atoms with Crippen LogP contribution >= 0.6 is 24.4 Å². The zero-order valence-electron chi connectivity index (χ0n) is 41.1. The van der Waals surface area contributed by atoms with Crippen LogP contribution < -0.4 is 5.32 Å². The summed E-state index contributed by atoms with van der Waals surface area (Å²) in [5.41, 5.74) is -0.0959. The van der Waals surface area contributed by atoms with Crippen LogP contribution in [0, 0.1) is 17.8 Å². The number of hydrogen-bond acceptors (Lipinski definition) is 21. The van der Waals surface area contributed by atoms with E-state index in [1.54, 1.807) is 13.8 Å². The number of terminal acetylenes is 1. The quantitative estimate of drug-likeness (QED) is 0.0128. The molecule has 0 aromatic carbocycles. The summed E-state index contributed by atoms with van der Waals surface area (Å²) in [6, 6.07) is -1.49. The summed E-state index contributed by atoms with van der Waals surface area (Å²) < 4.78 is 67.8. The number of amides is 1. The normalized spacial score (nSPS) is 11.8. The van der Waals surface area contributed by atoms with E-state index in [0.717, 1.165) is 31.4 Å². The molecular weight excluding hydrogens is 967 g/mol. The number of thioether (sulfide) groups is 1. The molecule has 1 N–H and O–H groups in total. The van der Waals surface area contributed by atoms with Crippen LogP contribution in [0.4, 0.5) is 0 Å². The van der Waals surface area contributed by atoms with Gasteiger partial charge in [0.05, 0.1) is 49.4 Å². The maximum absolute atomic E-state index is 12.1. The summed E-state index contributed by atoms with van der Waals surface area (Å²) in [7, 11) is -3.93. The number of thiol groups is 1. The highest BCUT2D eigenvalue weighted by Gasteiger charge is 2.32. The molecule has 69 heavy (non-hydrogen) atoms. The lowest BCUT2D eigenvalue weighted by atomic mass is 9.88. The van der Waals surface area contributed by atoms with Crippen molar-refractivity contribution in [2.45, 2.75) is 106 Å². The van der Waals surface area contributed by atoms with E-state index in [4.69, 9.17) is 34.8 Å². The van der Waals surface area contributed by atoms with Crippen LogP contribution in [-0.4, -0.2) is 151 Å². The standard InChI is InChI=1S/C21H36O6S2.C13H18O7S.C12H19NO6/c1-4-7-11-24-16-21(6-3,17-25-12-8-13-28)18-27-20(23)15-29-14-9-19(22)26-10-5-2;1-6-21(16,17)19-8-11(20-13(15)10(4)5)7-18-12(14)9(2)3;1-4-18-11(16)10(12(17)19-5-2)13-9(15)7-6-8(3)14/h2,28H,4,6-18H2,1,3H3;6,11H,1-2,4,7-8H2,3,5H3;10H,4-7H2,1-3H3,(H,13,15). The van der Waals surface area contributed by atoms with Gasteiger partial charge in [0.1, 0.15) is 25.6 Å². The van der Waals surface area contributed by atoms with Crippen LogP contribution in [-0.2, 0) is 90.6 Å². The summed E-state index contributed by atoms with van der Waals surface area (Å²) in [5, 5.41) is 2.80. The van der Waals surface area contributed by atoms with E-state index in [1.807, 2.05) is 0 Å². The Bertz CT molecular complexity index is 1750. The first-order valence-electron chi connectivity index (χ1n) is 22.0. The van der Waals surface area contributed by atoms with Crippen LogP contribution in [0.5, 0.6) is 0 Å². The van der Waals surface area contributed by atoms with E-state index >= 15 is 0 Å². The number of unbranched alkanes of at least 4 members (excludes halogenated alkanes) is 1. The van der Waals surface area contributed by atoms with Crippen molar-refractivity contribution < 1.29 is 88.9 Å². The first-order chi connectivity index (χ1) is 32.5. The van der Waals surface area contributed by atoms with Gasteiger partial charge in [0.25, 0.3) is 10.1 Å². The minimum absolute atomic E-state index is 0.0268. The van der Waals surface area contributed by atoms with Crippen molar-refractivity contribution >= 4 is 82.0 Å². The van der Waals surface area contributed by atoms with Gasteiger partial charge in [0, 0.05) is 43.0 Å². The number of rotatable bonds is 36. The van der Waals surface area contributed by atoms with E-state index < -0.39 is 58.7 Å². The third kappa shape index (κ3) is 38.8. The lowest BCUT2D eigenvalue weighted by Crippen LogP contribution is -2.48. The summed E-state index contributed by atoms with van der Waals surface area (Å²) >= 11 is 5.52. The average Bonchev–Trinajstić information content (AvgIpc) is 3.31. The molecule has 1 amide bonds. The van der Waals surface area contributed by atoms with Gasteiger partial charge in [-0.25, -0.2) is 19.2 Å². The molecule has 2 unspecified atom stereocenters. The maximum Gasteiger partial charge on any atom is 0.340 e. The number of carbonyl (C=O) groups is 8. The molecule has 0 aromatic heterocycles. The molecule has 394 valence electrons. The molecule has 0 rings (SSSR count). The van der Waals surface area contributed by atoms with Gasteiger partial charge in [-0.3, -0.25) is 18.6 Å². The van der Waals surface area contributed by atoms with Crippen molar-refractivity contribution in [3.63, 3.8) is 0 Å². The molecular formula is C46H73NO19S3. The van der Waals surface area contributed by atoms with Crippen molar-refractivity contribution in [3.05, 3.63) is 36.3 Å². The fourth-order valence-electron chi connectivity index (χ4n) is 4.27. The summed E-state index contributed by atoms with van der Waals surface area (Å²) in [5.74, 6) is -0.954. The second-order valence-electron chi connectivity index (χ2n) is 14.6. The molecule has 2 atom stereocenters. The Labute approximate surface area is 417 Å². The molecule has 23 heteroatoms. The minimum atomic E-state index is -3.93. The predicted octanol–water partition coefficient (Wildman–Crippen LogP) is 4.43. The topological polar surface area (TPSA) is 266 Å². The molecule has 0 aromatic rings. The SMILES string of the molecule is C#CCOC(=O)CCSCC(=O)OCC(CC)(COCCCC)COCCCS.C=CS(=O)(=O)OCC(COC(=O)C(=C)C)OC(=O)C(=C)C.CCOC(=O)C(NC(=O)CCC(C)=O)C(=O)OCC. The Kier molecular flexibility index (Phi) is 41.9. The van der Waals surface area contributed by atoms with Gasteiger partial charge in [-0.1, -0.05) is 45.9 Å². The van der Waals surface area contributed by atoms with E-state index in [1.165, 1.54) is 32.5 Å². The third-order valence-corrected chi connectivity index (χ3v) is 10.4. The van der Waals surface area contributed by atoms with E-state index in [0.29, 0.717) is 37.6 Å². The van der Waals surface area contributed by atoms with Crippen molar-refractivity contribution in [2.24, 2.45) is 5.41 Å². The number of Topliss-reactive ketones (excluding diaryl/α,β-unsaturated/α-hetero) is 1. The molecule has 0 heterocycles. The molecule has 0 aliphatic carbocycles. The number of carbonyl (C=O) groups excluding carboxylic acids is 8. The van der Waals surface area contributed by atoms with Gasteiger partial charge in [-0.05, 0) is 59.6 Å². The molecule has 0 bridgehead atoms. The molecule has 0 saturated carbocycles. The molecule has 0 radical (unpaired) electrons. The van der Waals surface area contributed by atoms with Gasteiger partial charge in [-0.2, -0.15) is 21.0 Å². The molecule has 20 nitrogen and oxygen atoms in total. The largest absolute Gasteiger partial charge is 0.464 e. The Balaban J connectivity index is -0.000000975. The Hall–Kier alpha value is -4.73. The predicted molar refractivity (Wildman–Crippen MR) is 261 cm³/mol. The molecule has 0 aliphatic heterocycles. The Morgan fingerprint density at radius 3 is 1.83 bits per heavy atom. The number of ether oxygens (including phenoxy) is 8. The van der Waals surface area contributed by atoms with Crippen molar-refractivity contribution in [2.75, 3.05) is 83.3 Å². The first-order valence-corrected chi connectivity index (χ1v) is 25.2. The minimum Gasteiger partial charge on any atom is -0.464 e. The third-order valence-electron chi connectivity index (χ3n) is 8.23. The summed E-state index contributed by atoms with van der Waals surface area (Å²) in [6.45, 7) is 23.1. The highest BCUT2D eigenvalue weighted by Crippen LogP contribution is 2.25. The number of nitrogens with one attached hydrogen (secondary N) is 1. The molecule has 0 spiro atoms.